The van der Waals surface area contributed by atoms with Crippen molar-refractivity contribution in [3.8, 4) is 0 Å². The molecule has 2 aromatic heterocycles. The fourth-order valence-corrected chi connectivity index (χ4v) is 6.50. The van der Waals surface area contributed by atoms with E-state index < -0.39 is 5.60 Å². The van der Waals surface area contributed by atoms with Crippen molar-refractivity contribution in [3.05, 3.63) is 82.9 Å². The molecule has 6 rings (SSSR count). The Morgan fingerprint density at radius 3 is 2.67 bits per heavy atom. The van der Waals surface area contributed by atoms with E-state index in [1.165, 1.54) is 16.9 Å². The van der Waals surface area contributed by atoms with Crippen LogP contribution in [0.4, 0.5) is 26.7 Å². The largest absolute Gasteiger partial charge is 0.444 e. The standard InChI is InChI=1S/C32H33N5O4S/c1-32(2,3)41-31(40)36-16-8-12-22(19-36)34-28(38)27-26-25-24(14-15-33-29(25)42-27)37(30(39)35-26)23-13-7-11-21(18-23)17-20-9-5-4-6-10-20/h4-7,9-11,13-15,18,22H,8,12,16-17,19H2,1-3H3,(H,34,38)(H,35,39). The molecule has 216 valence electrons. The molecule has 4 heterocycles. The number of rotatable bonds is 5. The molecule has 0 spiro atoms. The van der Waals surface area contributed by atoms with Gasteiger partial charge in [-0.15, -0.1) is 11.3 Å². The first-order valence-corrected chi connectivity index (χ1v) is 14.9. The van der Waals surface area contributed by atoms with Gasteiger partial charge in [0.15, 0.2) is 0 Å². The Balaban J connectivity index is 1.25. The Labute approximate surface area is 248 Å². The Kier molecular flexibility index (Phi) is 7.32. The molecule has 1 atom stereocenters. The molecule has 2 aliphatic heterocycles. The minimum atomic E-state index is -0.590. The summed E-state index contributed by atoms with van der Waals surface area (Å²) in [7, 11) is 0. The average Bonchev–Trinajstić information content (AvgIpc) is 3.32. The van der Waals surface area contributed by atoms with Crippen LogP contribution in [0.3, 0.4) is 0 Å². The molecule has 42 heavy (non-hydrogen) atoms. The van der Waals surface area contributed by atoms with Crippen molar-refractivity contribution in [2.45, 2.75) is 51.7 Å². The first kappa shape index (κ1) is 27.7. The fourth-order valence-electron chi connectivity index (χ4n) is 5.48. The summed E-state index contributed by atoms with van der Waals surface area (Å²) in [5, 5.41) is 6.79. The van der Waals surface area contributed by atoms with Crippen molar-refractivity contribution in [1.29, 1.82) is 0 Å². The Hall–Kier alpha value is -4.44. The summed E-state index contributed by atoms with van der Waals surface area (Å²) in [6.45, 7) is 6.45. The SMILES string of the molecule is CC(C)(C)OC(=O)N1CCCC(NC(=O)c2sc3nccc4c3c2NC(=O)N4c2cccc(Cc3ccccc3)c2)C1. The lowest BCUT2D eigenvalue weighted by atomic mass is 10.0. The maximum absolute atomic E-state index is 13.6. The molecule has 0 radical (unpaired) electrons. The molecule has 1 saturated heterocycles. The van der Waals surface area contributed by atoms with Crippen LogP contribution in [0.2, 0.25) is 0 Å². The number of hydrogen-bond acceptors (Lipinski definition) is 6. The molecule has 1 fully saturated rings. The van der Waals surface area contributed by atoms with Crippen LogP contribution >= 0.6 is 11.3 Å². The molecule has 9 nitrogen and oxygen atoms in total. The molecule has 2 aliphatic rings. The fraction of sp³-hybridized carbons (Fsp3) is 0.312. The van der Waals surface area contributed by atoms with Crippen LogP contribution in [-0.4, -0.2) is 52.6 Å². The summed E-state index contributed by atoms with van der Waals surface area (Å²) in [6, 6.07) is 19.4. The predicted octanol–water partition coefficient (Wildman–Crippen LogP) is 6.70. The van der Waals surface area contributed by atoms with Gasteiger partial charge in [0.25, 0.3) is 5.91 Å². The molecular formula is C32H33N5O4S. The van der Waals surface area contributed by atoms with E-state index in [0.717, 1.165) is 35.9 Å². The highest BCUT2D eigenvalue weighted by atomic mass is 32.1. The molecule has 0 saturated carbocycles. The lowest BCUT2D eigenvalue weighted by Crippen LogP contribution is -2.50. The van der Waals surface area contributed by atoms with Gasteiger partial charge >= 0.3 is 12.1 Å². The van der Waals surface area contributed by atoms with Crippen molar-refractivity contribution < 1.29 is 19.1 Å². The first-order chi connectivity index (χ1) is 20.2. The van der Waals surface area contributed by atoms with Crippen LogP contribution < -0.4 is 15.5 Å². The number of urea groups is 1. The minimum absolute atomic E-state index is 0.230. The zero-order valence-electron chi connectivity index (χ0n) is 23.8. The van der Waals surface area contributed by atoms with E-state index in [4.69, 9.17) is 4.74 Å². The van der Waals surface area contributed by atoms with Gasteiger partial charge in [-0.1, -0.05) is 42.5 Å². The number of nitrogens with one attached hydrogen (secondary N) is 2. The van der Waals surface area contributed by atoms with Gasteiger partial charge in [-0.2, -0.15) is 0 Å². The minimum Gasteiger partial charge on any atom is -0.444 e. The van der Waals surface area contributed by atoms with Gasteiger partial charge in [-0.05, 0) is 69.4 Å². The average molecular weight is 584 g/mol. The summed E-state index contributed by atoms with van der Waals surface area (Å²) in [6.07, 6.45) is 3.53. The monoisotopic (exact) mass is 583 g/mol. The summed E-state index contributed by atoms with van der Waals surface area (Å²) < 4.78 is 5.52. The second-order valence-electron chi connectivity index (χ2n) is 11.7. The number of piperidine rings is 1. The zero-order valence-corrected chi connectivity index (χ0v) is 24.7. The number of amides is 4. The maximum atomic E-state index is 13.6. The number of carbonyl (C=O) groups is 3. The molecule has 2 aromatic carbocycles. The number of pyridine rings is 1. The number of nitrogens with zero attached hydrogens (tertiary/aromatic N) is 3. The van der Waals surface area contributed by atoms with Crippen molar-refractivity contribution >= 4 is 56.6 Å². The third-order valence-corrected chi connectivity index (χ3v) is 8.38. The lowest BCUT2D eigenvalue weighted by molar-refractivity contribution is 0.0185. The quantitative estimate of drug-likeness (QED) is 0.272. The zero-order chi connectivity index (χ0) is 29.4. The van der Waals surface area contributed by atoms with E-state index in [9.17, 15) is 14.4 Å². The summed E-state index contributed by atoms with van der Waals surface area (Å²) in [4.78, 5) is 48.6. The van der Waals surface area contributed by atoms with Crippen LogP contribution in [0.1, 0.15) is 54.4 Å². The highest BCUT2D eigenvalue weighted by molar-refractivity contribution is 7.21. The second-order valence-corrected chi connectivity index (χ2v) is 12.7. The Morgan fingerprint density at radius 1 is 1.10 bits per heavy atom. The van der Waals surface area contributed by atoms with Crippen LogP contribution in [0.25, 0.3) is 10.2 Å². The van der Waals surface area contributed by atoms with Crippen molar-refractivity contribution in [2.24, 2.45) is 0 Å². The predicted molar refractivity (Wildman–Crippen MR) is 165 cm³/mol. The number of hydrogen-bond donors (Lipinski definition) is 2. The second kappa shape index (κ2) is 11.1. The van der Waals surface area contributed by atoms with Crippen molar-refractivity contribution in [2.75, 3.05) is 23.3 Å². The highest BCUT2D eigenvalue weighted by Crippen LogP contribution is 2.45. The number of carbonyl (C=O) groups excluding carboxylic acids is 3. The lowest BCUT2D eigenvalue weighted by Gasteiger charge is -2.34. The first-order valence-electron chi connectivity index (χ1n) is 14.1. The normalized spacial score (nSPS) is 16.7. The summed E-state index contributed by atoms with van der Waals surface area (Å²) >= 11 is 1.25. The van der Waals surface area contributed by atoms with E-state index in [-0.39, 0.29) is 24.1 Å². The molecule has 2 N–H and O–H groups in total. The van der Waals surface area contributed by atoms with Gasteiger partial charge in [-0.3, -0.25) is 9.69 Å². The molecule has 0 aliphatic carbocycles. The molecule has 4 amide bonds. The summed E-state index contributed by atoms with van der Waals surface area (Å²) in [5.74, 6) is -0.298. The molecule has 0 bridgehead atoms. The van der Waals surface area contributed by atoms with Crippen LogP contribution in [-0.2, 0) is 11.2 Å². The van der Waals surface area contributed by atoms with E-state index in [1.54, 1.807) is 16.0 Å². The number of aromatic nitrogens is 1. The number of likely N-dealkylation sites (tertiary alicyclic amines) is 1. The van der Waals surface area contributed by atoms with Gasteiger partial charge in [0.2, 0.25) is 0 Å². The van der Waals surface area contributed by atoms with Gasteiger partial charge in [0, 0.05) is 25.3 Å². The Bertz CT molecular complexity index is 1660. The van der Waals surface area contributed by atoms with E-state index in [0.29, 0.717) is 34.2 Å². The van der Waals surface area contributed by atoms with E-state index in [1.807, 2.05) is 69.3 Å². The Morgan fingerprint density at radius 2 is 1.88 bits per heavy atom. The smallest absolute Gasteiger partial charge is 0.410 e. The van der Waals surface area contributed by atoms with Crippen molar-refractivity contribution in [1.82, 2.24) is 15.2 Å². The number of benzene rings is 2. The van der Waals surface area contributed by atoms with Crippen LogP contribution in [0, 0.1) is 0 Å². The summed E-state index contributed by atoms with van der Waals surface area (Å²) in [5.41, 5.74) is 3.57. The van der Waals surface area contributed by atoms with Crippen LogP contribution in [0.5, 0.6) is 0 Å². The van der Waals surface area contributed by atoms with E-state index in [2.05, 4.69) is 27.8 Å². The van der Waals surface area contributed by atoms with Crippen molar-refractivity contribution in [3.63, 3.8) is 0 Å². The van der Waals surface area contributed by atoms with Gasteiger partial charge in [0.05, 0.1) is 22.4 Å². The highest BCUT2D eigenvalue weighted by Gasteiger charge is 2.34. The van der Waals surface area contributed by atoms with Crippen LogP contribution in [0.15, 0.2) is 66.9 Å². The topological polar surface area (TPSA) is 104 Å². The van der Waals surface area contributed by atoms with E-state index >= 15 is 0 Å². The maximum Gasteiger partial charge on any atom is 0.410 e. The van der Waals surface area contributed by atoms with Gasteiger partial charge in [0.1, 0.15) is 15.3 Å². The number of ether oxygens (including phenoxy) is 1. The molecule has 1 unspecified atom stereocenters. The third kappa shape index (κ3) is 5.67. The molecule has 10 heteroatoms. The number of anilines is 3. The third-order valence-electron chi connectivity index (χ3n) is 7.28. The van der Waals surface area contributed by atoms with Gasteiger partial charge < -0.3 is 20.3 Å². The van der Waals surface area contributed by atoms with Gasteiger partial charge in [-0.25, -0.2) is 14.6 Å². The molecule has 4 aromatic rings. The molecular weight excluding hydrogens is 550 g/mol. The number of thiophene rings is 1.